The summed E-state index contributed by atoms with van der Waals surface area (Å²) in [6.07, 6.45) is 1.76. The number of nitrogens with zero attached hydrogens (tertiary/aromatic N) is 1. The third-order valence-electron chi connectivity index (χ3n) is 4.40. The molecule has 1 aromatic carbocycles. The van der Waals surface area contributed by atoms with Crippen LogP contribution in [-0.2, 0) is 4.79 Å². The minimum Gasteiger partial charge on any atom is -0.340 e. The molecule has 1 aliphatic heterocycles. The van der Waals surface area contributed by atoms with Gasteiger partial charge in [0.15, 0.2) is 0 Å². The van der Waals surface area contributed by atoms with E-state index >= 15 is 0 Å². The van der Waals surface area contributed by atoms with Crippen LogP contribution >= 0.6 is 0 Å². The van der Waals surface area contributed by atoms with Crippen LogP contribution in [0.4, 0.5) is 0 Å². The summed E-state index contributed by atoms with van der Waals surface area (Å²) in [7, 11) is 0. The zero-order valence-electron chi connectivity index (χ0n) is 13.1. The number of benzene rings is 1. The summed E-state index contributed by atoms with van der Waals surface area (Å²) in [6, 6.07) is 4.25. The van der Waals surface area contributed by atoms with Gasteiger partial charge in [0.05, 0.1) is 0 Å². The average molecular weight is 274 g/mol. The van der Waals surface area contributed by atoms with Gasteiger partial charge in [0.2, 0.25) is 5.91 Å². The maximum absolute atomic E-state index is 12.0. The Hall–Kier alpha value is -1.35. The summed E-state index contributed by atoms with van der Waals surface area (Å²) in [4.78, 5) is 13.9. The molecule has 2 N–H and O–H groups in total. The normalized spacial score (nSPS) is 20.6. The van der Waals surface area contributed by atoms with Gasteiger partial charge in [0, 0.05) is 25.6 Å². The van der Waals surface area contributed by atoms with Crippen molar-refractivity contribution in [1.29, 1.82) is 0 Å². The van der Waals surface area contributed by atoms with E-state index in [1.54, 1.807) is 0 Å². The second kappa shape index (κ2) is 5.96. The van der Waals surface area contributed by atoms with Gasteiger partial charge >= 0.3 is 0 Å². The monoisotopic (exact) mass is 274 g/mol. The van der Waals surface area contributed by atoms with E-state index in [9.17, 15) is 4.79 Å². The molecule has 0 bridgehead atoms. The van der Waals surface area contributed by atoms with Crippen LogP contribution in [0.15, 0.2) is 12.1 Å². The lowest BCUT2D eigenvalue weighted by atomic mass is 9.94. The first kappa shape index (κ1) is 15.0. The molecule has 0 saturated carbocycles. The molecule has 1 amide bonds. The summed E-state index contributed by atoms with van der Waals surface area (Å²) in [5, 5.41) is 0. The first-order chi connectivity index (χ1) is 9.42. The Morgan fingerprint density at radius 3 is 2.40 bits per heavy atom. The molecule has 0 radical (unpaired) electrons. The highest BCUT2D eigenvalue weighted by molar-refractivity contribution is 5.78. The second-order valence-electron chi connectivity index (χ2n) is 6.20. The highest BCUT2D eigenvalue weighted by Gasteiger charge is 2.29. The van der Waals surface area contributed by atoms with Gasteiger partial charge in [-0.1, -0.05) is 31.0 Å². The van der Waals surface area contributed by atoms with Gasteiger partial charge in [-0.25, -0.2) is 0 Å². The molecule has 1 fully saturated rings. The summed E-state index contributed by atoms with van der Waals surface area (Å²) >= 11 is 0. The number of carbonyl (C=O) groups is 1. The Labute approximate surface area is 122 Å². The van der Waals surface area contributed by atoms with Crippen molar-refractivity contribution >= 4 is 5.91 Å². The fraction of sp³-hybridized carbons (Fsp3) is 0.588. The van der Waals surface area contributed by atoms with Gasteiger partial charge in [-0.2, -0.15) is 0 Å². The van der Waals surface area contributed by atoms with Crippen LogP contribution in [0.2, 0.25) is 0 Å². The molecular weight excluding hydrogens is 248 g/mol. The Morgan fingerprint density at radius 1 is 1.30 bits per heavy atom. The number of rotatable bonds is 4. The molecule has 1 saturated heterocycles. The highest BCUT2D eigenvalue weighted by Crippen LogP contribution is 2.26. The lowest BCUT2D eigenvalue weighted by Crippen LogP contribution is -2.34. The molecule has 2 unspecified atom stereocenters. The van der Waals surface area contributed by atoms with Gasteiger partial charge < -0.3 is 10.6 Å². The standard InChI is InChI=1S/C17H26N2O/c1-5-14-8-16(20)19(9-14)10-15(18)17-12(3)6-11(2)7-13(17)4/h6-7,14-15H,5,8-10,18H2,1-4H3. The molecule has 20 heavy (non-hydrogen) atoms. The smallest absolute Gasteiger partial charge is 0.222 e. The number of amides is 1. The predicted octanol–water partition coefficient (Wildman–Crippen LogP) is 2.87. The van der Waals surface area contributed by atoms with Crippen molar-refractivity contribution in [3.63, 3.8) is 0 Å². The number of aryl methyl sites for hydroxylation is 3. The van der Waals surface area contributed by atoms with E-state index in [1.165, 1.54) is 22.3 Å². The molecule has 1 aromatic rings. The number of carbonyl (C=O) groups excluding carboxylic acids is 1. The summed E-state index contributed by atoms with van der Waals surface area (Å²) in [6.45, 7) is 9.97. The fourth-order valence-electron chi connectivity index (χ4n) is 3.41. The van der Waals surface area contributed by atoms with E-state index in [-0.39, 0.29) is 11.9 Å². The third-order valence-corrected chi connectivity index (χ3v) is 4.40. The predicted molar refractivity (Wildman–Crippen MR) is 82.6 cm³/mol. The minimum atomic E-state index is -0.0878. The largest absolute Gasteiger partial charge is 0.340 e. The molecular formula is C17H26N2O. The van der Waals surface area contributed by atoms with Crippen LogP contribution in [0.1, 0.15) is 48.1 Å². The van der Waals surface area contributed by atoms with E-state index in [0.29, 0.717) is 18.9 Å². The summed E-state index contributed by atoms with van der Waals surface area (Å²) in [5.74, 6) is 0.768. The topological polar surface area (TPSA) is 46.3 Å². The van der Waals surface area contributed by atoms with Crippen LogP contribution in [0, 0.1) is 26.7 Å². The Kier molecular flexibility index (Phi) is 4.48. The number of nitrogens with two attached hydrogens (primary N) is 1. The van der Waals surface area contributed by atoms with Crippen molar-refractivity contribution in [3.8, 4) is 0 Å². The van der Waals surface area contributed by atoms with E-state index in [1.807, 2.05) is 4.90 Å². The molecule has 3 nitrogen and oxygen atoms in total. The van der Waals surface area contributed by atoms with Crippen LogP contribution in [0.25, 0.3) is 0 Å². The SMILES string of the molecule is CCC1CC(=O)N(CC(N)c2c(C)cc(C)cc2C)C1. The molecule has 2 atom stereocenters. The van der Waals surface area contributed by atoms with Crippen LogP contribution < -0.4 is 5.73 Å². The van der Waals surface area contributed by atoms with Crippen molar-refractivity contribution in [2.24, 2.45) is 11.7 Å². The van der Waals surface area contributed by atoms with Crippen molar-refractivity contribution in [2.45, 2.75) is 46.6 Å². The second-order valence-corrected chi connectivity index (χ2v) is 6.20. The summed E-state index contributed by atoms with van der Waals surface area (Å²) in [5.41, 5.74) is 11.3. The van der Waals surface area contributed by atoms with Crippen molar-refractivity contribution in [1.82, 2.24) is 4.90 Å². The molecule has 110 valence electrons. The Bertz CT molecular complexity index is 487. The lowest BCUT2D eigenvalue weighted by molar-refractivity contribution is -0.127. The molecule has 0 spiro atoms. The molecule has 3 heteroatoms. The van der Waals surface area contributed by atoms with Crippen LogP contribution in [0.5, 0.6) is 0 Å². The summed E-state index contributed by atoms with van der Waals surface area (Å²) < 4.78 is 0. The third kappa shape index (κ3) is 3.04. The molecule has 2 rings (SSSR count). The van der Waals surface area contributed by atoms with E-state index in [4.69, 9.17) is 5.73 Å². The molecule has 0 aromatic heterocycles. The number of likely N-dealkylation sites (tertiary alicyclic amines) is 1. The van der Waals surface area contributed by atoms with E-state index in [0.717, 1.165) is 13.0 Å². The first-order valence-corrected chi connectivity index (χ1v) is 7.53. The van der Waals surface area contributed by atoms with Crippen LogP contribution in [0.3, 0.4) is 0 Å². The number of hydrogen-bond acceptors (Lipinski definition) is 2. The average Bonchev–Trinajstić information content (AvgIpc) is 2.68. The zero-order chi connectivity index (χ0) is 14.9. The number of hydrogen-bond donors (Lipinski definition) is 1. The van der Waals surface area contributed by atoms with Crippen LogP contribution in [-0.4, -0.2) is 23.9 Å². The van der Waals surface area contributed by atoms with Crippen molar-refractivity contribution < 1.29 is 4.79 Å². The minimum absolute atomic E-state index is 0.0878. The Balaban J connectivity index is 2.13. The lowest BCUT2D eigenvalue weighted by Gasteiger charge is -2.24. The first-order valence-electron chi connectivity index (χ1n) is 7.53. The zero-order valence-corrected chi connectivity index (χ0v) is 13.1. The van der Waals surface area contributed by atoms with Crippen molar-refractivity contribution in [2.75, 3.05) is 13.1 Å². The quantitative estimate of drug-likeness (QED) is 0.917. The highest BCUT2D eigenvalue weighted by atomic mass is 16.2. The van der Waals surface area contributed by atoms with E-state index in [2.05, 4.69) is 39.8 Å². The maximum Gasteiger partial charge on any atom is 0.222 e. The molecule has 1 heterocycles. The fourth-order valence-corrected chi connectivity index (χ4v) is 3.41. The van der Waals surface area contributed by atoms with Gasteiger partial charge in [-0.15, -0.1) is 0 Å². The molecule has 0 aliphatic carbocycles. The van der Waals surface area contributed by atoms with Gasteiger partial charge in [-0.05, 0) is 43.4 Å². The van der Waals surface area contributed by atoms with Gasteiger partial charge in [-0.3, -0.25) is 4.79 Å². The van der Waals surface area contributed by atoms with Crippen molar-refractivity contribution in [3.05, 3.63) is 34.4 Å². The Morgan fingerprint density at radius 2 is 1.90 bits per heavy atom. The van der Waals surface area contributed by atoms with Gasteiger partial charge in [0.25, 0.3) is 0 Å². The maximum atomic E-state index is 12.0. The molecule has 1 aliphatic rings. The van der Waals surface area contributed by atoms with Gasteiger partial charge in [0.1, 0.15) is 0 Å². The van der Waals surface area contributed by atoms with E-state index < -0.39 is 0 Å².